The molecule has 1 aromatic heterocycles. The average molecular weight is 627 g/mol. The molecular formula is C33H39ClN2O6S. The molecule has 1 N–H and O–H groups in total. The minimum atomic E-state index is -0.438. The number of nitrogens with zero attached hydrogens (tertiary/aromatic N) is 1. The van der Waals surface area contributed by atoms with Gasteiger partial charge < -0.3 is 29.0 Å². The number of rotatable bonds is 14. The molecule has 1 saturated heterocycles. The lowest BCUT2D eigenvalue weighted by atomic mass is 9.96. The van der Waals surface area contributed by atoms with Crippen LogP contribution in [0.5, 0.6) is 5.75 Å². The number of para-hydroxylation sites is 1. The van der Waals surface area contributed by atoms with Gasteiger partial charge in [0.2, 0.25) is 0 Å². The lowest BCUT2D eigenvalue weighted by molar-refractivity contribution is -0.0794. The van der Waals surface area contributed by atoms with Gasteiger partial charge in [-0.1, -0.05) is 29.8 Å². The lowest BCUT2D eigenvalue weighted by Crippen LogP contribution is -2.41. The molecule has 1 amide bonds. The van der Waals surface area contributed by atoms with Gasteiger partial charge in [-0.25, -0.2) is 4.79 Å². The molecule has 2 heterocycles. The summed E-state index contributed by atoms with van der Waals surface area (Å²) in [7, 11) is 0. The molecule has 230 valence electrons. The molecule has 43 heavy (non-hydrogen) atoms. The number of hydrogen-bond acceptors (Lipinski definition) is 8. The van der Waals surface area contributed by atoms with E-state index < -0.39 is 11.7 Å². The van der Waals surface area contributed by atoms with Gasteiger partial charge in [0.1, 0.15) is 18.5 Å². The summed E-state index contributed by atoms with van der Waals surface area (Å²) in [5, 5.41) is 3.43. The number of amides is 1. The predicted molar refractivity (Wildman–Crippen MR) is 168 cm³/mol. The zero-order valence-electron chi connectivity index (χ0n) is 24.9. The first-order valence-electron chi connectivity index (χ1n) is 14.6. The molecule has 2 aliphatic rings. The van der Waals surface area contributed by atoms with E-state index in [0.29, 0.717) is 38.1 Å². The van der Waals surface area contributed by atoms with Crippen LogP contribution in [-0.4, -0.2) is 61.5 Å². The third-order valence-electron chi connectivity index (χ3n) is 7.05. The Bertz CT molecular complexity index is 1390. The van der Waals surface area contributed by atoms with Crippen molar-refractivity contribution in [3.8, 4) is 16.9 Å². The quantitative estimate of drug-likeness (QED) is 0.151. The molecule has 8 nitrogen and oxygen atoms in total. The number of benzene rings is 2. The number of carbonyl (C=O) groups is 1. The minimum Gasteiger partial charge on any atom is -0.485 e. The van der Waals surface area contributed by atoms with E-state index in [0.717, 1.165) is 51.5 Å². The summed E-state index contributed by atoms with van der Waals surface area (Å²) in [6.45, 7) is 8.43. The highest BCUT2D eigenvalue weighted by Gasteiger charge is 2.47. The van der Waals surface area contributed by atoms with Crippen molar-refractivity contribution in [2.45, 2.75) is 62.4 Å². The van der Waals surface area contributed by atoms with Gasteiger partial charge in [0, 0.05) is 44.7 Å². The molecule has 2 fully saturated rings. The van der Waals surface area contributed by atoms with Gasteiger partial charge in [0.15, 0.2) is 0 Å². The highest BCUT2D eigenvalue weighted by Crippen LogP contribution is 2.53. The Morgan fingerprint density at radius 2 is 1.91 bits per heavy atom. The number of hydrogen-bond donors (Lipinski definition) is 1. The highest BCUT2D eigenvalue weighted by molar-refractivity contribution is 7.99. The summed E-state index contributed by atoms with van der Waals surface area (Å²) in [6.07, 6.45) is 5.20. The van der Waals surface area contributed by atoms with Gasteiger partial charge in [-0.15, -0.1) is 11.8 Å². The normalized spacial score (nSPS) is 15.9. The number of pyridine rings is 1. The fourth-order valence-corrected chi connectivity index (χ4v) is 5.67. The number of thioether (sulfide) groups is 1. The van der Waals surface area contributed by atoms with Gasteiger partial charge in [-0.2, -0.15) is 0 Å². The summed E-state index contributed by atoms with van der Waals surface area (Å²) < 4.78 is 28.9. The molecule has 1 saturated carbocycles. The Kier molecular flexibility index (Phi) is 10.5. The van der Waals surface area contributed by atoms with E-state index in [1.165, 1.54) is 0 Å². The second-order valence-electron chi connectivity index (χ2n) is 11.7. The van der Waals surface area contributed by atoms with Crippen molar-refractivity contribution >= 4 is 29.5 Å². The molecule has 5 rings (SSSR count). The van der Waals surface area contributed by atoms with E-state index in [-0.39, 0.29) is 18.2 Å². The van der Waals surface area contributed by atoms with E-state index in [9.17, 15) is 4.79 Å². The number of aromatic nitrogens is 1. The van der Waals surface area contributed by atoms with Crippen LogP contribution in [0.25, 0.3) is 11.1 Å². The molecule has 0 bridgehead atoms. The van der Waals surface area contributed by atoms with Crippen LogP contribution in [0.2, 0.25) is 5.02 Å². The number of carbonyl (C=O) groups excluding carboxylic acids is 1. The molecule has 0 atom stereocenters. The fourth-order valence-electron chi connectivity index (χ4n) is 4.67. The maximum Gasteiger partial charge on any atom is 0.407 e. The first-order valence-corrected chi connectivity index (χ1v) is 15.9. The predicted octanol–water partition coefficient (Wildman–Crippen LogP) is 7.02. The third-order valence-corrected chi connectivity index (χ3v) is 8.38. The van der Waals surface area contributed by atoms with Crippen LogP contribution in [0.3, 0.4) is 0 Å². The molecular weight excluding hydrogens is 588 g/mol. The Morgan fingerprint density at radius 1 is 1.09 bits per heavy atom. The maximum absolute atomic E-state index is 11.7. The van der Waals surface area contributed by atoms with E-state index in [1.54, 1.807) is 11.8 Å². The Hall–Kier alpha value is -2.82. The van der Waals surface area contributed by atoms with Crippen LogP contribution < -0.4 is 10.1 Å². The van der Waals surface area contributed by atoms with E-state index in [1.807, 2.05) is 69.6 Å². The van der Waals surface area contributed by atoms with E-state index >= 15 is 0 Å². The van der Waals surface area contributed by atoms with Crippen molar-refractivity contribution in [1.29, 1.82) is 0 Å². The van der Waals surface area contributed by atoms with Crippen LogP contribution in [0.4, 0.5) is 4.79 Å². The van der Waals surface area contributed by atoms with E-state index in [4.69, 9.17) is 35.3 Å². The highest BCUT2D eigenvalue weighted by atomic mass is 35.5. The topological polar surface area (TPSA) is 88.1 Å². The summed E-state index contributed by atoms with van der Waals surface area (Å²) in [5.41, 5.74) is 3.36. The zero-order chi connectivity index (χ0) is 30.3. The number of ether oxygens (including phenoxy) is 5. The molecule has 1 aliphatic heterocycles. The van der Waals surface area contributed by atoms with Crippen molar-refractivity contribution < 1.29 is 28.5 Å². The molecule has 0 spiro atoms. The van der Waals surface area contributed by atoms with Crippen LogP contribution in [0, 0.1) is 0 Å². The van der Waals surface area contributed by atoms with Gasteiger partial charge in [-0.05, 0) is 75.1 Å². The fraction of sp³-hybridized carbons (Fsp3) is 0.455. The monoisotopic (exact) mass is 626 g/mol. The molecule has 0 radical (unpaired) electrons. The standard InChI is InChI=1S/C33H39ClN2O6S/c1-32(2,3)36-31(37)40-15-14-38-16-17-43-25-8-9-29(34)23(18-25)20-41-33(11-12-33)28-19-35-13-10-26(28)27-6-4-5-7-30(27)42-24-21-39-22-24/h4-10,13,18-19,24H,11-12,14-17,20-22H2,1-3H3,(H,36,37). The summed E-state index contributed by atoms with van der Waals surface area (Å²) in [4.78, 5) is 17.3. The minimum absolute atomic E-state index is 0.0806. The van der Waals surface area contributed by atoms with Crippen LogP contribution in [-0.2, 0) is 31.2 Å². The largest absolute Gasteiger partial charge is 0.485 e. The molecule has 2 aromatic carbocycles. The van der Waals surface area contributed by atoms with Crippen LogP contribution >= 0.6 is 23.4 Å². The van der Waals surface area contributed by atoms with Gasteiger partial charge in [-0.3, -0.25) is 4.98 Å². The zero-order valence-corrected chi connectivity index (χ0v) is 26.5. The Morgan fingerprint density at radius 3 is 2.65 bits per heavy atom. The Labute approximate surface area is 262 Å². The maximum atomic E-state index is 11.7. The lowest BCUT2D eigenvalue weighted by Gasteiger charge is -2.28. The molecule has 0 unspecified atom stereocenters. The van der Waals surface area contributed by atoms with Crippen molar-refractivity contribution in [3.05, 3.63) is 77.1 Å². The molecule has 1 aliphatic carbocycles. The number of nitrogens with one attached hydrogen (secondary N) is 1. The average Bonchev–Trinajstić information content (AvgIpc) is 3.75. The van der Waals surface area contributed by atoms with Crippen molar-refractivity contribution in [2.24, 2.45) is 0 Å². The van der Waals surface area contributed by atoms with Gasteiger partial charge in [0.25, 0.3) is 0 Å². The molecule has 10 heteroatoms. The second kappa shape index (κ2) is 14.3. The first kappa shape index (κ1) is 31.6. The SMILES string of the molecule is CC(C)(C)NC(=O)OCCOCCSc1ccc(Cl)c(COC2(c3cnccc3-c3ccccc3OC3COC3)CC2)c1. The smallest absolute Gasteiger partial charge is 0.407 e. The van der Waals surface area contributed by atoms with E-state index in [2.05, 4.69) is 22.4 Å². The Balaban J connectivity index is 1.14. The summed E-state index contributed by atoms with van der Waals surface area (Å²) in [6, 6.07) is 16.1. The van der Waals surface area contributed by atoms with Gasteiger partial charge >= 0.3 is 6.09 Å². The molecule has 3 aromatic rings. The van der Waals surface area contributed by atoms with Gasteiger partial charge in [0.05, 0.1) is 38.6 Å². The van der Waals surface area contributed by atoms with Crippen LogP contribution in [0.15, 0.2) is 65.8 Å². The van der Waals surface area contributed by atoms with Crippen molar-refractivity contribution in [2.75, 3.05) is 38.8 Å². The van der Waals surface area contributed by atoms with Crippen molar-refractivity contribution in [1.82, 2.24) is 10.3 Å². The van der Waals surface area contributed by atoms with Crippen molar-refractivity contribution in [3.63, 3.8) is 0 Å². The summed E-state index contributed by atoms with van der Waals surface area (Å²) in [5.74, 6) is 1.60. The third kappa shape index (κ3) is 8.86. The number of halogens is 1. The number of alkyl carbamates (subject to hydrolysis) is 1. The van der Waals surface area contributed by atoms with Crippen LogP contribution in [0.1, 0.15) is 44.7 Å². The second-order valence-corrected chi connectivity index (χ2v) is 13.3. The first-order chi connectivity index (χ1) is 20.7. The summed E-state index contributed by atoms with van der Waals surface area (Å²) >= 11 is 8.27.